The number of aryl methyl sites for hydroxylation is 1. The van der Waals surface area contributed by atoms with Crippen LogP contribution in [0, 0.1) is 6.92 Å². The van der Waals surface area contributed by atoms with Crippen LogP contribution in [-0.2, 0) is 38.7 Å². The Morgan fingerprint density at radius 1 is 0.947 bits per heavy atom. The van der Waals surface area contributed by atoms with E-state index in [4.69, 9.17) is 14.2 Å². The Labute approximate surface area is 240 Å². The fourth-order valence-electron chi connectivity index (χ4n) is 4.45. The van der Waals surface area contributed by atoms with E-state index in [9.17, 15) is 9.59 Å². The van der Waals surface area contributed by atoms with Gasteiger partial charge in [-0.3, -0.25) is 4.90 Å². The minimum Gasteiger partial charge on any atom is -0.467 e. The zero-order chi connectivity index (χ0) is 27.6. The predicted octanol–water partition coefficient (Wildman–Crippen LogP) is 7.87. The molecule has 0 radical (unpaired) electrons. The summed E-state index contributed by atoms with van der Waals surface area (Å²) in [5, 5.41) is 0. The van der Waals surface area contributed by atoms with Crippen LogP contribution in [0.3, 0.4) is 0 Å². The number of amides is 1. The average Bonchev–Trinajstić information content (AvgIpc) is 3.35. The molecule has 0 saturated heterocycles. The standard InChI is InChI=1S/C30H31Br2NO5/c1-18-11-13-20(14-12-18)23-24(27(28(34)36-5)38-30(2,3)4)26(32)22-16-33(15-21(22)25(23)31)29(35)37-17-19-9-7-6-8-10-19/h6-14,27H,15-17H2,1-5H3/t27-/m0/s1. The van der Waals surface area contributed by atoms with Crippen LogP contribution in [0.15, 0.2) is 63.5 Å². The molecule has 3 aromatic carbocycles. The van der Waals surface area contributed by atoms with E-state index in [-0.39, 0.29) is 6.61 Å². The lowest BCUT2D eigenvalue weighted by molar-refractivity contribution is -0.164. The van der Waals surface area contributed by atoms with E-state index < -0.39 is 23.8 Å². The van der Waals surface area contributed by atoms with E-state index in [0.717, 1.165) is 37.9 Å². The number of carbonyl (C=O) groups excluding carboxylic acids is 2. The minimum atomic E-state index is -0.994. The third-order valence-electron chi connectivity index (χ3n) is 6.27. The monoisotopic (exact) mass is 643 g/mol. The number of methoxy groups -OCH3 is 1. The number of hydrogen-bond acceptors (Lipinski definition) is 5. The highest BCUT2D eigenvalue weighted by Gasteiger charge is 2.38. The molecule has 1 heterocycles. The zero-order valence-electron chi connectivity index (χ0n) is 22.1. The Kier molecular flexibility index (Phi) is 8.65. The van der Waals surface area contributed by atoms with Crippen molar-refractivity contribution in [2.75, 3.05) is 7.11 Å². The summed E-state index contributed by atoms with van der Waals surface area (Å²) in [5.74, 6) is -0.502. The molecule has 0 saturated carbocycles. The summed E-state index contributed by atoms with van der Waals surface area (Å²) >= 11 is 7.64. The summed E-state index contributed by atoms with van der Waals surface area (Å²) < 4.78 is 18.6. The number of fused-ring (bicyclic) bond motifs is 1. The molecule has 0 fully saturated rings. The van der Waals surface area contributed by atoms with Crippen LogP contribution in [-0.4, -0.2) is 29.7 Å². The molecule has 0 aliphatic carbocycles. The first-order chi connectivity index (χ1) is 18.0. The van der Waals surface area contributed by atoms with Crippen molar-refractivity contribution in [3.63, 3.8) is 0 Å². The zero-order valence-corrected chi connectivity index (χ0v) is 25.3. The van der Waals surface area contributed by atoms with Gasteiger partial charge in [-0.2, -0.15) is 0 Å². The quantitative estimate of drug-likeness (QED) is 0.256. The molecule has 0 N–H and O–H groups in total. The number of nitrogens with zero attached hydrogens (tertiary/aromatic N) is 1. The molecular formula is C30H31Br2NO5. The van der Waals surface area contributed by atoms with Crippen LogP contribution in [0.2, 0.25) is 0 Å². The maximum atomic E-state index is 13.1. The van der Waals surface area contributed by atoms with E-state index in [1.807, 2.05) is 82.3 Å². The van der Waals surface area contributed by atoms with Gasteiger partial charge in [-0.15, -0.1) is 0 Å². The summed E-state index contributed by atoms with van der Waals surface area (Å²) in [6.07, 6.45) is -1.40. The van der Waals surface area contributed by atoms with Crippen LogP contribution in [0.5, 0.6) is 0 Å². The molecule has 38 heavy (non-hydrogen) atoms. The van der Waals surface area contributed by atoms with E-state index >= 15 is 0 Å². The van der Waals surface area contributed by atoms with Gasteiger partial charge in [-0.05, 0) is 65.9 Å². The van der Waals surface area contributed by atoms with E-state index in [0.29, 0.717) is 23.1 Å². The van der Waals surface area contributed by atoms with E-state index in [2.05, 4.69) is 31.9 Å². The molecular weight excluding hydrogens is 614 g/mol. The lowest BCUT2D eigenvalue weighted by Gasteiger charge is -2.29. The first-order valence-corrected chi connectivity index (χ1v) is 13.9. The van der Waals surface area contributed by atoms with E-state index in [1.165, 1.54) is 7.11 Å². The van der Waals surface area contributed by atoms with Gasteiger partial charge in [0, 0.05) is 20.1 Å². The summed E-state index contributed by atoms with van der Waals surface area (Å²) in [6, 6.07) is 17.7. The third-order valence-corrected chi connectivity index (χ3v) is 8.05. The van der Waals surface area contributed by atoms with Crippen molar-refractivity contribution in [2.24, 2.45) is 0 Å². The van der Waals surface area contributed by atoms with Crippen molar-refractivity contribution < 1.29 is 23.8 Å². The van der Waals surface area contributed by atoms with Gasteiger partial charge in [-0.1, -0.05) is 76.1 Å². The lowest BCUT2D eigenvalue weighted by Crippen LogP contribution is -2.29. The van der Waals surface area contributed by atoms with Crippen molar-refractivity contribution in [1.29, 1.82) is 0 Å². The van der Waals surface area contributed by atoms with Crippen molar-refractivity contribution in [2.45, 2.75) is 59.1 Å². The summed E-state index contributed by atoms with van der Waals surface area (Å²) in [6.45, 7) is 8.60. The van der Waals surface area contributed by atoms with Crippen LogP contribution in [0.1, 0.15) is 54.7 Å². The Bertz CT molecular complexity index is 1330. The molecule has 1 aliphatic heterocycles. The fraction of sp³-hybridized carbons (Fsp3) is 0.333. The molecule has 3 aromatic rings. The Balaban J connectivity index is 1.79. The predicted molar refractivity (Wildman–Crippen MR) is 153 cm³/mol. The third kappa shape index (κ3) is 6.14. The topological polar surface area (TPSA) is 65.1 Å². The Morgan fingerprint density at radius 3 is 2.13 bits per heavy atom. The largest absolute Gasteiger partial charge is 0.467 e. The van der Waals surface area contributed by atoms with Crippen LogP contribution in [0.25, 0.3) is 11.1 Å². The molecule has 1 amide bonds. The van der Waals surface area contributed by atoms with Gasteiger partial charge in [0.25, 0.3) is 0 Å². The Morgan fingerprint density at radius 2 is 1.55 bits per heavy atom. The Hall–Kier alpha value is -2.68. The van der Waals surface area contributed by atoms with Crippen LogP contribution < -0.4 is 0 Å². The lowest BCUT2D eigenvalue weighted by atomic mass is 9.91. The number of carbonyl (C=O) groups is 2. The van der Waals surface area contributed by atoms with Gasteiger partial charge in [0.2, 0.25) is 0 Å². The van der Waals surface area contributed by atoms with Crippen LogP contribution >= 0.6 is 31.9 Å². The van der Waals surface area contributed by atoms with Crippen molar-refractivity contribution in [1.82, 2.24) is 4.90 Å². The first-order valence-electron chi connectivity index (χ1n) is 12.3. The maximum absolute atomic E-state index is 13.1. The van der Waals surface area contributed by atoms with Crippen molar-refractivity contribution >= 4 is 43.9 Å². The smallest absolute Gasteiger partial charge is 0.410 e. The molecule has 8 heteroatoms. The van der Waals surface area contributed by atoms with E-state index in [1.54, 1.807) is 4.90 Å². The average molecular weight is 645 g/mol. The molecule has 4 rings (SSSR count). The van der Waals surface area contributed by atoms with Gasteiger partial charge in [0.05, 0.1) is 25.8 Å². The second-order valence-electron chi connectivity index (χ2n) is 10.3. The number of hydrogen-bond donors (Lipinski definition) is 0. The second-order valence-corrected chi connectivity index (χ2v) is 11.9. The molecule has 6 nitrogen and oxygen atoms in total. The second kappa shape index (κ2) is 11.6. The van der Waals surface area contributed by atoms with Crippen LogP contribution in [0.4, 0.5) is 4.79 Å². The van der Waals surface area contributed by atoms with Gasteiger partial charge in [0.1, 0.15) is 6.61 Å². The summed E-state index contributed by atoms with van der Waals surface area (Å²) in [7, 11) is 1.35. The molecule has 1 aliphatic rings. The summed E-state index contributed by atoms with van der Waals surface area (Å²) in [4.78, 5) is 27.8. The highest BCUT2D eigenvalue weighted by atomic mass is 79.9. The van der Waals surface area contributed by atoms with Gasteiger partial charge in [-0.25, -0.2) is 9.59 Å². The number of rotatable bonds is 6. The normalized spacial score (nSPS) is 13.7. The highest BCUT2D eigenvalue weighted by Crippen LogP contribution is 2.48. The molecule has 0 spiro atoms. The first kappa shape index (κ1) is 28.3. The highest BCUT2D eigenvalue weighted by molar-refractivity contribution is 9.11. The van der Waals surface area contributed by atoms with Gasteiger partial charge >= 0.3 is 12.1 Å². The SMILES string of the molecule is COC(=O)[C@@H](OC(C)(C)C)c1c(Br)c2c(c(Br)c1-c1ccc(C)cc1)CN(C(=O)OCc1ccccc1)C2. The number of ether oxygens (including phenoxy) is 3. The molecule has 1 atom stereocenters. The van der Waals surface area contributed by atoms with Gasteiger partial charge < -0.3 is 14.2 Å². The summed E-state index contributed by atoms with van der Waals surface area (Å²) in [5.41, 5.74) is 5.64. The maximum Gasteiger partial charge on any atom is 0.410 e. The number of halogens is 2. The molecule has 0 aromatic heterocycles. The number of esters is 1. The van der Waals surface area contributed by atoms with Crippen molar-refractivity contribution in [3.8, 4) is 11.1 Å². The molecule has 0 unspecified atom stereocenters. The van der Waals surface area contributed by atoms with Gasteiger partial charge in [0.15, 0.2) is 6.10 Å². The molecule has 200 valence electrons. The fourth-order valence-corrected chi connectivity index (χ4v) is 6.03. The van der Waals surface area contributed by atoms with Crippen molar-refractivity contribution in [3.05, 3.63) is 91.4 Å². The minimum absolute atomic E-state index is 0.193. The number of benzene rings is 3. The molecule has 0 bridgehead atoms.